The van der Waals surface area contributed by atoms with Crippen LogP contribution in [0.4, 0.5) is 0 Å². The molecule has 1 nitrogen and oxygen atoms in total. The van der Waals surface area contributed by atoms with Crippen molar-refractivity contribution in [2.45, 2.75) is 32.1 Å². The molecule has 0 spiro atoms. The number of thiophene rings is 1. The molecule has 1 rings (SSSR count). The van der Waals surface area contributed by atoms with E-state index in [-0.39, 0.29) is 0 Å². The van der Waals surface area contributed by atoms with Gasteiger partial charge in [-0.05, 0) is 23.6 Å². The van der Waals surface area contributed by atoms with Gasteiger partial charge in [0.2, 0.25) is 0 Å². The minimum absolute atomic E-state index is 0.503. The van der Waals surface area contributed by atoms with Gasteiger partial charge in [-0.3, -0.25) is 0 Å². The summed E-state index contributed by atoms with van der Waals surface area (Å²) in [5.41, 5.74) is 0. The molecular weight excluding hydrogens is 210 g/mol. The van der Waals surface area contributed by atoms with Crippen LogP contribution in [-0.4, -0.2) is 17.5 Å². The minimum Gasteiger partial charge on any atom is -0.309 e. The van der Waals surface area contributed by atoms with Crippen LogP contribution in [0.3, 0.4) is 0 Å². The fraction of sp³-hybridized carbons (Fsp3) is 0.636. The molecule has 0 saturated heterocycles. The zero-order chi connectivity index (χ0) is 10.4. The van der Waals surface area contributed by atoms with Gasteiger partial charge in [-0.15, -0.1) is 11.3 Å². The first-order valence-electron chi connectivity index (χ1n) is 5.08. The average Bonchev–Trinajstić information content (AvgIpc) is 2.64. The van der Waals surface area contributed by atoms with E-state index in [4.69, 9.17) is 0 Å². The SMILES string of the molecule is CC(C)SCCNC(C)c1cccs1. The molecule has 0 bridgehead atoms. The topological polar surface area (TPSA) is 12.0 Å². The van der Waals surface area contributed by atoms with E-state index in [0.29, 0.717) is 6.04 Å². The van der Waals surface area contributed by atoms with E-state index in [1.807, 2.05) is 23.1 Å². The zero-order valence-corrected chi connectivity index (χ0v) is 10.8. The van der Waals surface area contributed by atoms with Crippen molar-refractivity contribution >= 4 is 23.1 Å². The van der Waals surface area contributed by atoms with E-state index >= 15 is 0 Å². The van der Waals surface area contributed by atoms with Crippen molar-refractivity contribution in [3.8, 4) is 0 Å². The fourth-order valence-corrected chi connectivity index (χ4v) is 2.67. The monoisotopic (exact) mass is 229 g/mol. The molecule has 3 heteroatoms. The summed E-state index contributed by atoms with van der Waals surface area (Å²) < 4.78 is 0. The Labute approximate surface area is 95.3 Å². The predicted octanol–water partition coefficient (Wildman–Crippen LogP) is 3.54. The number of hydrogen-bond acceptors (Lipinski definition) is 3. The maximum Gasteiger partial charge on any atom is 0.0386 e. The van der Waals surface area contributed by atoms with Crippen LogP contribution in [0.5, 0.6) is 0 Å². The van der Waals surface area contributed by atoms with Gasteiger partial charge in [-0.2, -0.15) is 11.8 Å². The second-order valence-corrected chi connectivity index (χ2v) is 6.27. The predicted molar refractivity (Wildman–Crippen MR) is 68.3 cm³/mol. The van der Waals surface area contributed by atoms with Gasteiger partial charge in [-0.25, -0.2) is 0 Å². The Morgan fingerprint density at radius 2 is 2.21 bits per heavy atom. The smallest absolute Gasteiger partial charge is 0.0386 e. The first-order valence-corrected chi connectivity index (χ1v) is 7.01. The number of thioether (sulfide) groups is 1. The highest BCUT2D eigenvalue weighted by Crippen LogP contribution is 2.18. The van der Waals surface area contributed by atoms with Crippen molar-refractivity contribution < 1.29 is 0 Å². The molecule has 14 heavy (non-hydrogen) atoms. The maximum absolute atomic E-state index is 3.53. The van der Waals surface area contributed by atoms with Gasteiger partial charge >= 0.3 is 0 Å². The molecule has 80 valence electrons. The molecule has 1 unspecified atom stereocenters. The lowest BCUT2D eigenvalue weighted by Gasteiger charge is -2.12. The normalized spacial score (nSPS) is 13.4. The summed E-state index contributed by atoms with van der Waals surface area (Å²) >= 11 is 3.84. The highest BCUT2D eigenvalue weighted by atomic mass is 32.2. The van der Waals surface area contributed by atoms with Crippen LogP contribution >= 0.6 is 23.1 Å². The van der Waals surface area contributed by atoms with Crippen LogP contribution in [0.15, 0.2) is 17.5 Å². The molecule has 0 radical (unpaired) electrons. The van der Waals surface area contributed by atoms with Crippen molar-refractivity contribution in [3.05, 3.63) is 22.4 Å². The molecular formula is C11H19NS2. The summed E-state index contributed by atoms with van der Waals surface area (Å²) in [6, 6.07) is 4.81. The molecule has 1 N–H and O–H groups in total. The van der Waals surface area contributed by atoms with Crippen LogP contribution in [0.25, 0.3) is 0 Å². The highest BCUT2D eigenvalue weighted by Gasteiger charge is 2.04. The molecule has 0 amide bonds. The largest absolute Gasteiger partial charge is 0.309 e. The van der Waals surface area contributed by atoms with E-state index in [9.17, 15) is 0 Å². The van der Waals surface area contributed by atoms with Crippen molar-refractivity contribution in [2.24, 2.45) is 0 Å². The van der Waals surface area contributed by atoms with Gasteiger partial charge in [0.05, 0.1) is 0 Å². The second-order valence-electron chi connectivity index (χ2n) is 3.61. The first-order chi connectivity index (χ1) is 6.70. The standard InChI is InChI=1S/C11H19NS2/c1-9(2)13-8-6-12-10(3)11-5-4-7-14-11/h4-5,7,9-10,12H,6,8H2,1-3H3. The van der Waals surface area contributed by atoms with E-state index < -0.39 is 0 Å². The minimum atomic E-state index is 0.503. The Hall–Kier alpha value is 0.01000. The molecule has 0 fully saturated rings. The lowest BCUT2D eigenvalue weighted by Crippen LogP contribution is -2.21. The summed E-state index contributed by atoms with van der Waals surface area (Å²) in [6.07, 6.45) is 0. The molecule has 0 aliphatic rings. The van der Waals surface area contributed by atoms with Gasteiger partial charge in [0.15, 0.2) is 0 Å². The molecule has 0 aromatic carbocycles. The Kier molecular flexibility index (Phi) is 5.60. The molecule has 0 aliphatic heterocycles. The summed E-state index contributed by atoms with van der Waals surface area (Å²) in [5.74, 6) is 1.20. The first kappa shape index (κ1) is 12.1. The Bertz CT molecular complexity index is 231. The molecule has 0 aliphatic carbocycles. The van der Waals surface area contributed by atoms with Crippen molar-refractivity contribution in [1.82, 2.24) is 5.32 Å². The van der Waals surface area contributed by atoms with Crippen LogP contribution in [-0.2, 0) is 0 Å². The summed E-state index contributed by atoms with van der Waals surface area (Å²) in [5, 5.41) is 6.41. The maximum atomic E-state index is 3.53. The molecule has 1 aromatic heterocycles. The number of rotatable bonds is 6. The number of hydrogen-bond donors (Lipinski definition) is 1. The van der Waals surface area contributed by atoms with Crippen LogP contribution in [0.1, 0.15) is 31.7 Å². The van der Waals surface area contributed by atoms with Crippen molar-refractivity contribution in [1.29, 1.82) is 0 Å². The number of nitrogens with one attached hydrogen (secondary N) is 1. The lowest BCUT2D eigenvalue weighted by atomic mass is 10.3. The second kappa shape index (κ2) is 6.49. The van der Waals surface area contributed by atoms with E-state index in [1.165, 1.54) is 10.6 Å². The summed E-state index contributed by atoms with van der Waals surface area (Å²) in [6.45, 7) is 7.81. The van der Waals surface area contributed by atoms with E-state index in [1.54, 1.807) is 0 Å². The zero-order valence-electron chi connectivity index (χ0n) is 9.12. The van der Waals surface area contributed by atoms with Gasteiger partial charge in [-0.1, -0.05) is 19.9 Å². The van der Waals surface area contributed by atoms with Crippen molar-refractivity contribution in [2.75, 3.05) is 12.3 Å². The molecule has 1 heterocycles. The average molecular weight is 229 g/mol. The van der Waals surface area contributed by atoms with E-state index in [2.05, 4.69) is 43.6 Å². The summed E-state index contributed by atoms with van der Waals surface area (Å²) in [4.78, 5) is 1.43. The highest BCUT2D eigenvalue weighted by molar-refractivity contribution is 7.99. The fourth-order valence-electron chi connectivity index (χ4n) is 1.21. The molecule has 0 saturated carbocycles. The van der Waals surface area contributed by atoms with E-state index in [0.717, 1.165) is 11.8 Å². The van der Waals surface area contributed by atoms with Gasteiger partial charge in [0.25, 0.3) is 0 Å². The van der Waals surface area contributed by atoms with Gasteiger partial charge in [0, 0.05) is 23.2 Å². The quantitative estimate of drug-likeness (QED) is 0.749. The van der Waals surface area contributed by atoms with Crippen LogP contribution < -0.4 is 5.32 Å². The van der Waals surface area contributed by atoms with Crippen molar-refractivity contribution in [3.63, 3.8) is 0 Å². The van der Waals surface area contributed by atoms with Crippen LogP contribution in [0.2, 0.25) is 0 Å². The lowest BCUT2D eigenvalue weighted by molar-refractivity contribution is 0.610. The molecule has 1 atom stereocenters. The van der Waals surface area contributed by atoms with Gasteiger partial charge in [0.1, 0.15) is 0 Å². The third-order valence-corrected chi connectivity index (χ3v) is 4.14. The molecule has 1 aromatic rings. The van der Waals surface area contributed by atoms with Crippen LogP contribution in [0, 0.1) is 0 Å². The Morgan fingerprint density at radius 3 is 2.79 bits per heavy atom. The third-order valence-electron chi connectivity index (χ3n) is 1.97. The summed E-state index contributed by atoms with van der Waals surface area (Å²) in [7, 11) is 0. The Balaban J connectivity index is 2.13. The third kappa shape index (κ3) is 4.49. The van der Waals surface area contributed by atoms with Gasteiger partial charge < -0.3 is 5.32 Å². The Morgan fingerprint density at radius 1 is 1.43 bits per heavy atom.